The van der Waals surface area contributed by atoms with E-state index in [9.17, 15) is 53.4 Å². The summed E-state index contributed by atoms with van der Waals surface area (Å²) < 4.78 is 0. The van der Waals surface area contributed by atoms with Gasteiger partial charge in [0, 0.05) is 26.9 Å². The van der Waals surface area contributed by atoms with Crippen LogP contribution in [0.3, 0.4) is 0 Å². The quantitative estimate of drug-likeness (QED) is 0.0538. The second kappa shape index (κ2) is 24.5. The predicted octanol–water partition coefficient (Wildman–Crippen LogP) is -2.76. The molecule has 1 aliphatic rings. The Bertz CT molecular complexity index is 1680. The highest BCUT2D eigenvalue weighted by Gasteiger charge is 2.41. The van der Waals surface area contributed by atoms with Gasteiger partial charge >= 0.3 is 0 Å². The number of likely N-dealkylation sites (tertiary alicyclic amines) is 1. The van der Waals surface area contributed by atoms with Crippen LogP contribution in [-0.2, 0) is 49.6 Å². The van der Waals surface area contributed by atoms with Gasteiger partial charge in [0.2, 0.25) is 53.2 Å². The molecule has 2 rings (SSSR count). The summed E-state index contributed by atoms with van der Waals surface area (Å²) in [7, 11) is 1.34. The van der Waals surface area contributed by atoms with E-state index >= 15 is 0 Å². The molecule has 1 aliphatic heterocycles. The second-order valence-corrected chi connectivity index (χ2v) is 15.5. The van der Waals surface area contributed by atoms with Crippen LogP contribution in [0.4, 0.5) is 0 Å². The van der Waals surface area contributed by atoms with Crippen LogP contribution in [0.15, 0.2) is 30.3 Å². The number of rotatable bonds is 23. The molecule has 20 nitrogen and oxygen atoms in total. The van der Waals surface area contributed by atoms with Gasteiger partial charge in [-0.1, -0.05) is 64.4 Å². The number of carbonyl (C=O) groups is 9. The highest BCUT2D eigenvalue weighted by Crippen LogP contribution is 2.21. The Hall–Kier alpha value is -5.63. The first kappa shape index (κ1) is 50.5. The Labute approximate surface area is 350 Å². The maximum Gasteiger partial charge on any atom is 0.246 e. The first-order valence-corrected chi connectivity index (χ1v) is 20.2. The number of likely N-dealkylation sites (N-methyl/N-ethyl adjacent to an activating group) is 1. The fraction of sp³-hybridized carbons (Fsp3) is 0.625. The highest BCUT2D eigenvalue weighted by atomic mass is 16.3. The molecule has 20 heteroatoms. The molecule has 11 N–H and O–H groups in total. The molecule has 0 saturated carbocycles. The number of amides is 9. The minimum absolute atomic E-state index is 0.0538. The number of aliphatic hydroxyl groups excluding tert-OH is 2. The minimum atomic E-state index is -1.62. The van der Waals surface area contributed by atoms with Gasteiger partial charge in [0.05, 0.1) is 19.1 Å². The number of nitrogens with zero attached hydrogens (tertiary/aromatic N) is 1. The second-order valence-electron chi connectivity index (χ2n) is 15.5. The third-order valence-electron chi connectivity index (χ3n) is 10.1. The molecule has 1 aromatic carbocycles. The maximum absolute atomic E-state index is 14.4. The molecule has 1 aromatic rings. The van der Waals surface area contributed by atoms with Crippen LogP contribution in [0, 0.1) is 11.8 Å². The van der Waals surface area contributed by atoms with Gasteiger partial charge in [-0.3, -0.25) is 43.2 Å². The summed E-state index contributed by atoms with van der Waals surface area (Å²) in [4.78, 5) is 120. The van der Waals surface area contributed by atoms with Crippen LogP contribution in [0.5, 0.6) is 0 Å². The topological polar surface area (TPSA) is 308 Å². The molecular weight excluding hydrogens is 782 g/mol. The van der Waals surface area contributed by atoms with Gasteiger partial charge in [0.25, 0.3) is 0 Å². The van der Waals surface area contributed by atoms with Gasteiger partial charge in [-0.05, 0) is 43.6 Å². The van der Waals surface area contributed by atoms with E-state index in [2.05, 4.69) is 37.2 Å². The van der Waals surface area contributed by atoms with E-state index in [0.717, 1.165) is 6.92 Å². The molecule has 0 radical (unpaired) electrons. The fourth-order valence-corrected chi connectivity index (χ4v) is 6.68. The van der Waals surface area contributed by atoms with E-state index in [1.165, 1.54) is 18.9 Å². The van der Waals surface area contributed by atoms with Crippen molar-refractivity contribution < 1.29 is 53.4 Å². The van der Waals surface area contributed by atoms with E-state index in [-0.39, 0.29) is 31.7 Å². The lowest BCUT2D eigenvalue weighted by Gasteiger charge is -2.32. The summed E-state index contributed by atoms with van der Waals surface area (Å²) in [5, 5.41) is 37.3. The minimum Gasteiger partial charge on any atom is -0.394 e. The smallest absolute Gasteiger partial charge is 0.246 e. The van der Waals surface area contributed by atoms with Crippen molar-refractivity contribution in [2.45, 2.75) is 128 Å². The van der Waals surface area contributed by atoms with E-state index in [1.807, 2.05) is 0 Å². The molecule has 0 bridgehead atoms. The molecule has 9 amide bonds. The van der Waals surface area contributed by atoms with Crippen LogP contribution in [0.2, 0.25) is 0 Å². The summed E-state index contributed by atoms with van der Waals surface area (Å²) in [6.45, 7) is 8.93. The number of primary amides is 1. The third-order valence-corrected chi connectivity index (χ3v) is 10.1. The summed E-state index contributed by atoms with van der Waals surface area (Å²) >= 11 is 0. The van der Waals surface area contributed by atoms with Crippen molar-refractivity contribution in [2.24, 2.45) is 17.6 Å². The number of nitrogens with one attached hydrogen (secondary N) is 7. The van der Waals surface area contributed by atoms with Crippen LogP contribution in [0.1, 0.15) is 79.2 Å². The van der Waals surface area contributed by atoms with Crippen LogP contribution in [0.25, 0.3) is 0 Å². The molecule has 60 heavy (non-hydrogen) atoms. The summed E-state index contributed by atoms with van der Waals surface area (Å²) in [5.41, 5.74) is 6.12. The molecule has 0 unspecified atom stereocenters. The first-order valence-electron chi connectivity index (χ1n) is 20.2. The van der Waals surface area contributed by atoms with Gasteiger partial charge < -0.3 is 58.1 Å². The Morgan fingerprint density at radius 2 is 1.33 bits per heavy atom. The Morgan fingerprint density at radius 1 is 0.767 bits per heavy atom. The molecule has 1 heterocycles. The fourth-order valence-electron chi connectivity index (χ4n) is 6.68. The SMILES string of the molecule is CC[C@H](C)[C@H](NC(=O)[C@@H]1CCCN1C(=O)[C@H](Cc1ccccc1)NC(=O)[C@H](CC(N)=O)NC(=O)[C@H](CC(C)C)NC(=O)[C@@H](NC(C)=O)[C@@H](C)O)C(=O)N[C@@H](CO)C(=O)NC. The number of benzene rings is 1. The van der Waals surface area contributed by atoms with Gasteiger partial charge in [-0.2, -0.15) is 0 Å². The van der Waals surface area contributed by atoms with E-state index in [1.54, 1.807) is 58.0 Å². The molecule has 334 valence electrons. The Morgan fingerprint density at radius 3 is 1.87 bits per heavy atom. The number of hydrogen-bond acceptors (Lipinski definition) is 11. The van der Waals surface area contributed by atoms with Crippen molar-refractivity contribution in [3.05, 3.63) is 35.9 Å². The average molecular weight is 846 g/mol. The molecule has 1 fully saturated rings. The van der Waals surface area contributed by atoms with Gasteiger partial charge in [-0.25, -0.2) is 0 Å². The van der Waals surface area contributed by atoms with Crippen molar-refractivity contribution in [2.75, 3.05) is 20.2 Å². The summed E-state index contributed by atoms with van der Waals surface area (Å²) in [5.74, 6) is -7.55. The molecule has 1 saturated heterocycles. The van der Waals surface area contributed by atoms with E-state index < -0.39 is 121 Å². The Kier molecular flexibility index (Phi) is 20.6. The summed E-state index contributed by atoms with van der Waals surface area (Å²) in [6.07, 6.45) is -0.961. The summed E-state index contributed by atoms with van der Waals surface area (Å²) in [6, 6.07) is -0.466. The zero-order chi connectivity index (χ0) is 45.3. The van der Waals surface area contributed by atoms with Crippen LogP contribution in [-0.4, -0.2) is 137 Å². The Balaban J connectivity index is 2.41. The zero-order valence-electron chi connectivity index (χ0n) is 35.4. The molecule has 9 atom stereocenters. The van der Waals surface area contributed by atoms with Crippen LogP contribution < -0.4 is 43.0 Å². The van der Waals surface area contributed by atoms with Crippen molar-refractivity contribution in [3.8, 4) is 0 Å². The number of hydrogen-bond donors (Lipinski definition) is 10. The normalized spacial score (nSPS) is 17.6. The maximum atomic E-state index is 14.4. The monoisotopic (exact) mass is 845 g/mol. The van der Waals surface area contributed by atoms with Crippen molar-refractivity contribution in [1.29, 1.82) is 0 Å². The van der Waals surface area contributed by atoms with Gasteiger partial charge in [-0.15, -0.1) is 0 Å². The average Bonchev–Trinajstić information content (AvgIpc) is 3.69. The van der Waals surface area contributed by atoms with Gasteiger partial charge in [0.15, 0.2) is 0 Å². The molecule has 0 aliphatic carbocycles. The molecule has 0 aromatic heterocycles. The van der Waals surface area contributed by atoms with Crippen molar-refractivity contribution in [1.82, 2.24) is 42.1 Å². The lowest BCUT2D eigenvalue weighted by molar-refractivity contribution is -0.143. The van der Waals surface area contributed by atoms with E-state index in [4.69, 9.17) is 5.73 Å². The lowest BCUT2D eigenvalue weighted by atomic mass is 9.97. The number of carbonyl (C=O) groups excluding carboxylic acids is 9. The molecular formula is C40H63N9O11. The highest BCUT2D eigenvalue weighted by molar-refractivity contribution is 5.99. The third kappa shape index (κ3) is 15.5. The first-order chi connectivity index (χ1) is 28.2. The number of aliphatic hydroxyl groups is 2. The van der Waals surface area contributed by atoms with E-state index in [0.29, 0.717) is 18.4 Å². The van der Waals surface area contributed by atoms with Crippen molar-refractivity contribution in [3.63, 3.8) is 0 Å². The largest absolute Gasteiger partial charge is 0.394 e. The predicted molar refractivity (Wildman–Crippen MR) is 218 cm³/mol. The lowest BCUT2D eigenvalue weighted by Crippen LogP contribution is -2.61. The van der Waals surface area contributed by atoms with Gasteiger partial charge in [0.1, 0.15) is 42.3 Å². The zero-order valence-corrected chi connectivity index (χ0v) is 35.4. The standard InChI is InChI=1S/C40H63N9O11/c1-8-22(4)32(38(58)47-29(20-50)34(54)42-7)48-37(57)30-15-12-16-49(30)40(60)28(18-25-13-10-9-11-14-25)46-36(56)27(19-31(41)53)44-35(55)26(17-21(2)3)45-39(59)33(23(5)51)43-24(6)52/h9-11,13-14,21-23,26-30,32-33,50-51H,8,12,15-20H2,1-7H3,(H2,41,53)(H,42,54)(H,43,52)(H,44,55)(H,45,59)(H,46,56)(H,47,58)(H,48,57)/t22-,23+,26-,27-,28-,29-,30-,32-,33-/m0/s1. The number of nitrogens with two attached hydrogens (primary N) is 1. The van der Waals surface area contributed by atoms with Crippen LogP contribution >= 0.6 is 0 Å². The molecule has 0 spiro atoms. The van der Waals surface area contributed by atoms with Crippen molar-refractivity contribution >= 4 is 53.2 Å².